The number of non-ortho nitro benzene ring substituents is 1. The molecule has 11 nitrogen and oxygen atoms in total. The molecule has 0 amide bonds. The minimum absolute atomic E-state index is 0.00155. The molecule has 1 aliphatic rings. The highest BCUT2D eigenvalue weighted by atomic mass is 16.6. The molecule has 0 saturated carbocycles. The predicted octanol–water partition coefficient (Wildman–Crippen LogP) is 3.39. The Kier molecular flexibility index (Phi) is 10.7. The van der Waals surface area contributed by atoms with E-state index in [1.54, 1.807) is 32.0 Å². The van der Waals surface area contributed by atoms with Gasteiger partial charge in [-0.15, -0.1) is 0 Å². The molecule has 1 aliphatic heterocycles. The van der Waals surface area contributed by atoms with Gasteiger partial charge in [-0.2, -0.15) is 0 Å². The van der Waals surface area contributed by atoms with E-state index in [0.29, 0.717) is 29.1 Å². The number of aliphatic hydroxyl groups excluding tert-OH is 1. The van der Waals surface area contributed by atoms with Crippen LogP contribution in [0.5, 0.6) is 5.75 Å². The Morgan fingerprint density at radius 2 is 1.74 bits per heavy atom. The van der Waals surface area contributed by atoms with Gasteiger partial charge in [-0.05, 0) is 43.5 Å². The van der Waals surface area contributed by atoms with Crippen molar-refractivity contribution in [1.82, 2.24) is 0 Å². The number of aliphatic imine (C=N–C) groups is 1. The zero-order valence-corrected chi connectivity index (χ0v) is 22.1. The van der Waals surface area contributed by atoms with Crippen LogP contribution in [0.25, 0.3) is 0 Å². The molecule has 1 heterocycles. The second-order valence-electron chi connectivity index (χ2n) is 8.82. The number of benzene rings is 2. The van der Waals surface area contributed by atoms with Crippen molar-refractivity contribution < 1.29 is 38.6 Å². The monoisotopic (exact) mass is 540 g/mol. The maximum Gasteiger partial charge on any atom is 0.336 e. The summed E-state index contributed by atoms with van der Waals surface area (Å²) >= 11 is 0. The number of aliphatic hydroxyl groups is 1. The van der Waals surface area contributed by atoms with Crippen LogP contribution < -0.4 is 4.74 Å². The molecule has 11 heteroatoms. The van der Waals surface area contributed by atoms with E-state index in [2.05, 4.69) is 4.99 Å². The number of nitrogens with zero attached hydrogens (tertiary/aromatic N) is 2. The summed E-state index contributed by atoms with van der Waals surface area (Å²) in [7, 11) is 1.48. The van der Waals surface area contributed by atoms with Crippen LogP contribution in [-0.4, -0.2) is 67.8 Å². The first-order valence-corrected chi connectivity index (χ1v) is 12.4. The second-order valence-corrected chi connectivity index (χ2v) is 8.82. The van der Waals surface area contributed by atoms with Gasteiger partial charge >= 0.3 is 11.9 Å². The number of hydrogen-bond donors (Lipinski definition) is 1. The number of allylic oxidation sites excluding steroid dienone is 1. The maximum absolute atomic E-state index is 13.3. The zero-order valence-electron chi connectivity index (χ0n) is 22.1. The van der Waals surface area contributed by atoms with E-state index in [-0.39, 0.29) is 44.3 Å². The second kappa shape index (κ2) is 14.2. The lowest BCUT2D eigenvalue weighted by atomic mass is 9.75. The van der Waals surface area contributed by atoms with Crippen molar-refractivity contribution in [1.29, 1.82) is 0 Å². The summed E-state index contributed by atoms with van der Waals surface area (Å²) in [6, 6.07) is 13.0. The lowest BCUT2D eigenvalue weighted by molar-refractivity contribution is -0.384. The maximum atomic E-state index is 13.3. The average molecular weight is 541 g/mol. The summed E-state index contributed by atoms with van der Waals surface area (Å²) in [6.45, 7) is 3.51. The molecule has 0 spiro atoms. The Hall–Kier alpha value is -4.09. The van der Waals surface area contributed by atoms with Crippen LogP contribution in [-0.2, 0) is 30.2 Å². The Morgan fingerprint density at radius 1 is 1.03 bits per heavy atom. The highest BCUT2D eigenvalue weighted by Crippen LogP contribution is 2.41. The lowest BCUT2D eigenvalue weighted by Gasteiger charge is -2.31. The molecule has 0 radical (unpaired) electrons. The van der Waals surface area contributed by atoms with Crippen LogP contribution >= 0.6 is 0 Å². The fourth-order valence-electron chi connectivity index (χ4n) is 4.37. The van der Waals surface area contributed by atoms with Gasteiger partial charge in [0, 0.05) is 43.2 Å². The van der Waals surface area contributed by atoms with Crippen molar-refractivity contribution in [3.63, 3.8) is 0 Å². The van der Waals surface area contributed by atoms with Gasteiger partial charge < -0.3 is 24.1 Å². The fraction of sp³-hybridized carbons (Fsp3) is 0.393. The molecule has 2 atom stereocenters. The SMILES string of the molecule is COCCOC(=O)C1C(C)=NC(C)=C(C(=O)OCCOc2ccc(CCO)cc2)C1c1cccc([N+](=O)[O-])c1. The zero-order chi connectivity index (χ0) is 28.4. The van der Waals surface area contributed by atoms with E-state index >= 15 is 0 Å². The van der Waals surface area contributed by atoms with Crippen molar-refractivity contribution in [3.05, 3.63) is 81.0 Å². The first-order chi connectivity index (χ1) is 18.8. The van der Waals surface area contributed by atoms with Gasteiger partial charge in [-0.1, -0.05) is 24.3 Å². The van der Waals surface area contributed by atoms with E-state index in [1.807, 2.05) is 12.1 Å². The van der Waals surface area contributed by atoms with Gasteiger partial charge in [0.05, 0.1) is 17.1 Å². The Labute approximate surface area is 226 Å². The van der Waals surface area contributed by atoms with Crippen LogP contribution in [0.15, 0.2) is 64.8 Å². The number of ether oxygens (including phenoxy) is 4. The number of carbonyl (C=O) groups is 2. The van der Waals surface area contributed by atoms with Crippen LogP contribution in [0.1, 0.15) is 30.9 Å². The molecule has 0 fully saturated rings. The van der Waals surface area contributed by atoms with Crippen molar-refractivity contribution in [2.24, 2.45) is 10.9 Å². The molecule has 0 aliphatic carbocycles. The molecular formula is C28H32N2O9. The van der Waals surface area contributed by atoms with Crippen LogP contribution in [0.4, 0.5) is 5.69 Å². The molecule has 3 rings (SSSR count). The first-order valence-electron chi connectivity index (χ1n) is 12.4. The number of methoxy groups -OCH3 is 1. The van der Waals surface area contributed by atoms with Gasteiger partial charge in [0.25, 0.3) is 5.69 Å². The van der Waals surface area contributed by atoms with Crippen LogP contribution in [0.3, 0.4) is 0 Å². The number of nitro groups is 1. The van der Waals surface area contributed by atoms with Crippen molar-refractivity contribution in [2.75, 3.05) is 40.1 Å². The Balaban J connectivity index is 1.82. The highest BCUT2D eigenvalue weighted by Gasteiger charge is 2.42. The average Bonchev–Trinajstić information content (AvgIpc) is 2.91. The Morgan fingerprint density at radius 3 is 2.41 bits per heavy atom. The quantitative estimate of drug-likeness (QED) is 0.175. The predicted molar refractivity (Wildman–Crippen MR) is 142 cm³/mol. The molecule has 2 aromatic carbocycles. The Bertz CT molecular complexity index is 1240. The number of rotatable bonds is 13. The molecule has 2 aromatic rings. The van der Waals surface area contributed by atoms with Gasteiger partial charge in [0.15, 0.2) is 0 Å². The summed E-state index contributed by atoms with van der Waals surface area (Å²) in [5.74, 6) is -2.67. The minimum atomic E-state index is -0.996. The highest BCUT2D eigenvalue weighted by molar-refractivity contribution is 6.07. The number of hydrogen-bond acceptors (Lipinski definition) is 10. The van der Waals surface area contributed by atoms with E-state index < -0.39 is 28.7 Å². The summed E-state index contributed by atoms with van der Waals surface area (Å²) < 4.78 is 21.5. The topological polar surface area (TPSA) is 147 Å². The van der Waals surface area contributed by atoms with Gasteiger partial charge in [-0.25, -0.2) is 4.79 Å². The van der Waals surface area contributed by atoms with Gasteiger partial charge in [-0.3, -0.25) is 19.9 Å². The third-order valence-electron chi connectivity index (χ3n) is 6.18. The van der Waals surface area contributed by atoms with Crippen molar-refractivity contribution in [2.45, 2.75) is 26.2 Å². The third kappa shape index (κ3) is 7.71. The molecule has 2 unspecified atom stereocenters. The summed E-state index contributed by atoms with van der Waals surface area (Å²) in [6.07, 6.45) is 0.543. The van der Waals surface area contributed by atoms with E-state index in [9.17, 15) is 19.7 Å². The van der Waals surface area contributed by atoms with Crippen molar-refractivity contribution in [3.8, 4) is 5.75 Å². The molecule has 0 aromatic heterocycles. The molecule has 1 N–H and O–H groups in total. The largest absolute Gasteiger partial charge is 0.490 e. The summed E-state index contributed by atoms with van der Waals surface area (Å²) in [5.41, 5.74) is 2.05. The van der Waals surface area contributed by atoms with E-state index in [0.717, 1.165) is 5.56 Å². The molecular weight excluding hydrogens is 508 g/mol. The minimum Gasteiger partial charge on any atom is -0.490 e. The molecule has 0 bridgehead atoms. The van der Waals surface area contributed by atoms with Crippen LogP contribution in [0, 0.1) is 16.0 Å². The molecule has 0 saturated heterocycles. The lowest BCUT2D eigenvalue weighted by Crippen LogP contribution is -2.37. The summed E-state index contributed by atoms with van der Waals surface area (Å²) in [4.78, 5) is 41.8. The van der Waals surface area contributed by atoms with Gasteiger partial charge in [0.2, 0.25) is 0 Å². The number of carbonyl (C=O) groups excluding carboxylic acids is 2. The number of nitro benzene ring substituents is 1. The standard InChI is InChI=1S/C28H32N2O9/c1-18-24(27(32)38-14-13-36-3)26(21-5-4-6-22(17-21)30(34)35)25(19(2)29-18)28(33)39-16-15-37-23-9-7-20(8-10-23)11-12-31/h4-10,17,24,26,31H,11-16H2,1-3H3. The van der Waals surface area contributed by atoms with E-state index in [1.165, 1.54) is 25.3 Å². The normalized spacial score (nSPS) is 16.9. The fourth-order valence-corrected chi connectivity index (χ4v) is 4.37. The molecule has 39 heavy (non-hydrogen) atoms. The van der Waals surface area contributed by atoms with Crippen LogP contribution in [0.2, 0.25) is 0 Å². The summed E-state index contributed by atoms with van der Waals surface area (Å²) in [5, 5.41) is 20.5. The smallest absolute Gasteiger partial charge is 0.336 e. The van der Waals surface area contributed by atoms with Gasteiger partial charge in [0.1, 0.15) is 31.5 Å². The van der Waals surface area contributed by atoms with Crippen molar-refractivity contribution >= 4 is 23.3 Å². The first kappa shape index (κ1) is 29.5. The number of esters is 2. The van der Waals surface area contributed by atoms with E-state index in [4.69, 9.17) is 24.1 Å². The molecule has 208 valence electrons. The third-order valence-corrected chi connectivity index (χ3v) is 6.18.